The zero-order chi connectivity index (χ0) is 18.1. The number of esters is 1. The fourth-order valence-corrected chi connectivity index (χ4v) is 3.16. The molecule has 1 aliphatic rings. The highest BCUT2D eigenvalue weighted by Gasteiger charge is 2.35. The Bertz CT molecular complexity index is 801. The summed E-state index contributed by atoms with van der Waals surface area (Å²) in [4.78, 5) is 30.1. The third-order valence-electron chi connectivity index (χ3n) is 4.76. The number of carbonyl (C=O) groups excluding carboxylic acids is 2. The smallest absolute Gasteiger partial charge is 0.339 e. The van der Waals surface area contributed by atoms with E-state index in [-0.39, 0.29) is 11.9 Å². The third-order valence-corrected chi connectivity index (χ3v) is 4.76. The number of nitrogens with zero attached hydrogens (tertiary/aromatic N) is 1. The average Bonchev–Trinajstić information content (AvgIpc) is 3.38. The highest BCUT2D eigenvalue weighted by Crippen LogP contribution is 2.31. The van der Waals surface area contributed by atoms with Crippen LogP contribution >= 0.6 is 0 Å². The van der Waals surface area contributed by atoms with Crippen molar-refractivity contribution in [3.8, 4) is 0 Å². The van der Waals surface area contributed by atoms with Gasteiger partial charge in [-0.05, 0) is 44.7 Å². The second-order valence-electron chi connectivity index (χ2n) is 6.77. The fourth-order valence-electron chi connectivity index (χ4n) is 3.16. The largest absolute Gasteiger partial charge is 0.465 e. The molecule has 0 atom stereocenters. The van der Waals surface area contributed by atoms with Gasteiger partial charge >= 0.3 is 5.97 Å². The maximum Gasteiger partial charge on any atom is 0.339 e. The van der Waals surface area contributed by atoms with E-state index in [2.05, 4.69) is 29.2 Å². The first-order valence-corrected chi connectivity index (χ1v) is 8.56. The number of methoxy groups -OCH3 is 1. The van der Waals surface area contributed by atoms with Gasteiger partial charge in [-0.3, -0.25) is 4.79 Å². The van der Waals surface area contributed by atoms with Gasteiger partial charge in [-0.1, -0.05) is 29.8 Å². The van der Waals surface area contributed by atoms with Crippen LogP contribution in [0.1, 0.15) is 56.1 Å². The van der Waals surface area contributed by atoms with E-state index in [1.54, 1.807) is 13.8 Å². The number of amides is 1. The second kappa shape index (κ2) is 6.75. The van der Waals surface area contributed by atoms with Gasteiger partial charge in [0.1, 0.15) is 5.69 Å². The Kier molecular flexibility index (Phi) is 4.66. The molecule has 0 unspecified atom stereocenters. The number of carbonyl (C=O) groups is 2. The molecule has 1 aliphatic carbocycles. The number of benzene rings is 1. The van der Waals surface area contributed by atoms with Crippen LogP contribution in [0.5, 0.6) is 0 Å². The normalized spacial score (nSPS) is 13.6. The molecule has 2 aromatic rings. The monoisotopic (exact) mass is 340 g/mol. The van der Waals surface area contributed by atoms with Gasteiger partial charge in [-0.15, -0.1) is 0 Å². The van der Waals surface area contributed by atoms with Crippen LogP contribution in [0.15, 0.2) is 24.3 Å². The highest BCUT2D eigenvalue weighted by molar-refractivity contribution is 6.00. The van der Waals surface area contributed by atoms with Gasteiger partial charge in [-0.2, -0.15) is 0 Å². The predicted octanol–water partition coefficient (Wildman–Crippen LogP) is 3.53. The van der Waals surface area contributed by atoms with Gasteiger partial charge in [0.25, 0.3) is 5.91 Å². The molecule has 132 valence electrons. The number of nitrogens with one attached hydrogen (secondary N) is 1. The summed E-state index contributed by atoms with van der Waals surface area (Å²) >= 11 is 0. The van der Waals surface area contributed by atoms with Crippen molar-refractivity contribution in [2.75, 3.05) is 7.11 Å². The van der Waals surface area contributed by atoms with E-state index in [1.807, 2.05) is 11.8 Å². The Morgan fingerprint density at radius 2 is 1.80 bits per heavy atom. The molecular formula is C20H24N2O3. The van der Waals surface area contributed by atoms with Crippen LogP contribution in [-0.2, 0) is 11.3 Å². The topological polar surface area (TPSA) is 62.4 Å². The van der Waals surface area contributed by atoms with E-state index in [1.165, 1.54) is 12.7 Å². The summed E-state index contributed by atoms with van der Waals surface area (Å²) in [5.41, 5.74) is 4.57. The molecule has 1 aromatic heterocycles. The first-order chi connectivity index (χ1) is 11.9. The standard InChI is InChI=1S/C20H24N2O3/c1-12-5-7-15(8-6-12)11-22(16-9-10-16)19(23)18-13(2)17(14(3)21-18)20(24)25-4/h5-8,16,21H,9-11H2,1-4H3. The number of aromatic nitrogens is 1. The van der Waals surface area contributed by atoms with Gasteiger partial charge in [0.05, 0.1) is 12.7 Å². The molecule has 1 fully saturated rings. The van der Waals surface area contributed by atoms with E-state index in [9.17, 15) is 9.59 Å². The number of H-pyrrole nitrogens is 1. The lowest BCUT2D eigenvalue weighted by Gasteiger charge is -2.22. The van der Waals surface area contributed by atoms with Crippen LogP contribution in [-0.4, -0.2) is 34.9 Å². The quantitative estimate of drug-likeness (QED) is 0.847. The summed E-state index contributed by atoms with van der Waals surface area (Å²) in [6, 6.07) is 8.52. The van der Waals surface area contributed by atoms with Gasteiger partial charge in [0.15, 0.2) is 0 Å². The molecule has 0 spiro atoms. The fraction of sp³-hybridized carbons (Fsp3) is 0.400. The van der Waals surface area contributed by atoms with E-state index in [0.29, 0.717) is 29.1 Å². The molecule has 1 saturated carbocycles. The Balaban J connectivity index is 1.89. The molecule has 0 radical (unpaired) electrons. The van der Waals surface area contributed by atoms with Crippen LogP contribution in [0.3, 0.4) is 0 Å². The van der Waals surface area contributed by atoms with E-state index in [4.69, 9.17) is 4.74 Å². The molecule has 1 aromatic carbocycles. The van der Waals surface area contributed by atoms with E-state index < -0.39 is 5.97 Å². The molecule has 0 saturated heterocycles. The Morgan fingerprint density at radius 3 is 2.36 bits per heavy atom. The van der Waals surface area contributed by atoms with Crippen molar-refractivity contribution in [2.45, 2.75) is 46.2 Å². The molecular weight excluding hydrogens is 316 g/mol. The zero-order valence-electron chi connectivity index (χ0n) is 15.2. The minimum absolute atomic E-state index is 0.0566. The number of ether oxygens (including phenoxy) is 1. The molecule has 5 heteroatoms. The average molecular weight is 340 g/mol. The van der Waals surface area contributed by atoms with Crippen LogP contribution < -0.4 is 0 Å². The SMILES string of the molecule is COC(=O)c1c(C)[nH]c(C(=O)N(Cc2ccc(C)cc2)C2CC2)c1C. The van der Waals surface area contributed by atoms with Crippen molar-refractivity contribution in [2.24, 2.45) is 0 Å². The minimum atomic E-state index is -0.415. The van der Waals surface area contributed by atoms with Crippen molar-refractivity contribution in [1.82, 2.24) is 9.88 Å². The Hall–Kier alpha value is -2.56. The third kappa shape index (κ3) is 3.45. The summed E-state index contributed by atoms with van der Waals surface area (Å²) in [5, 5.41) is 0. The predicted molar refractivity (Wildman–Crippen MR) is 95.7 cm³/mol. The van der Waals surface area contributed by atoms with Crippen molar-refractivity contribution in [3.63, 3.8) is 0 Å². The van der Waals surface area contributed by atoms with E-state index >= 15 is 0 Å². The van der Waals surface area contributed by atoms with Gasteiger partial charge in [0.2, 0.25) is 0 Å². The number of rotatable bonds is 5. The first-order valence-electron chi connectivity index (χ1n) is 8.56. The zero-order valence-corrected chi connectivity index (χ0v) is 15.2. The van der Waals surface area contributed by atoms with Crippen LogP contribution in [0, 0.1) is 20.8 Å². The summed E-state index contributed by atoms with van der Waals surface area (Å²) in [6.07, 6.45) is 2.06. The number of aryl methyl sites for hydroxylation is 2. The first kappa shape index (κ1) is 17.3. The molecule has 5 nitrogen and oxygen atoms in total. The lowest BCUT2D eigenvalue weighted by molar-refractivity contribution is 0.0599. The van der Waals surface area contributed by atoms with Crippen molar-refractivity contribution >= 4 is 11.9 Å². The van der Waals surface area contributed by atoms with Crippen molar-refractivity contribution in [3.05, 3.63) is 57.9 Å². The van der Waals surface area contributed by atoms with Crippen molar-refractivity contribution in [1.29, 1.82) is 0 Å². The van der Waals surface area contributed by atoms with Gasteiger partial charge in [0, 0.05) is 18.3 Å². The van der Waals surface area contributed by atoms with E-state index in [0.717, 1.165) is 18.4 Å². The molecule has 0 aliphatic heterocycles. The molecule has 0 bridgehead atoms. The number of aromatic amines is 1. The molecule has 1 amide bonds. The molecule has 25 heavy (non-hydrogen) atoms. The van der Waals surface area contributed by atoms with Crippen molar-refractivity contribution < 1.29 is 14.3 Å². The number of hydrogen-bond acceptors (Lipinski definition) is 3. The molecule has 3 rings (SSSR count). The number of hydrogen-bond donors (Lipinski definition) is 1. The molecule has 1 N–H and O–H groups in total. The minimum Gasteiger partial charge on any atom is -0.465 e. The maximum absolute atomic E-state index is 13.1. The van der Waals surface area contributed by atoms with Crippen LogP contribution in [0.25, 0.3) is 0 Å². The van der Waals surface area contributed by atoms with Crippen LogP contribution in [0.2, 0.25) is 0 Å². The molecule has 1 heterocycles. The summed E-state index contributed by atoms with van der Waals surface area (Å²) in [5.74, 6) is -0.472. The summed E-state index contributed by atoms with van der Waals surface area (Å²) in [7, 11) is 1.35. The lowest BCUT2D eigenvalue weighted by atomic mass is 10.1. The van der Waals surface area contributed by atoms with Crippen LogP contribution in [0.4, 0.5) is 0 Å². The summed E-state index contributed by atoms with van der Waals surface area (Å²) < 4.78 is 4.83. The summed E-state index contributed by atoms with van der Waals surface area (Å²) in [6.45, 7) is 6.21. The Labute approximate surface area is 148 Å². The van der Waals surface area contributed by atoms with Gasteiger partial charge < -0.3 is 14.6 Å². The maximum atomic E-state index is 13.1. The Morgan fingerprint density at radius 1 is 1.16 bits per heavy atom. The van der Waals surface area contributed by atoms with Gasteiger partial charge in [-0.25, -0.2) is 4.79 Å². The second-order valence-corrected chi connectivity index (χ2v) is 6.77. The lowest BCUT2D eigenvalue weighted by Crippen LogP contribution is -2.33. The highest BCUT2D eigenvalue weighted by atomic mass is 16.5.